The van der Waals surface area contributed by atoms with E-state index in [1.54, 1.807) is 22.5 Å². The van der Waals surface area contributed by atoms with E-state index >= 15 is 0 Å². The molecule has 0 saturated heterocycles. The van der Waals surface area contributed by atoms with Crippen LogP contribution in [0.1, 0.15) is 39.0 Å². The molecule has 0 aliphatic rings. The highest BCUT2D eigenvalue weighted by atomic mass is 16.4. The smallest absolute Gasteiger partial charge is 0.339 e. The molecular formula is C23H21N5O3. The van der Waals surface area contributed by atoms with Crippen LogP contribution < -0.4 is 0 Å². The summed E-state index contributed by atoms with van der Waals surface area (Å²) in [5.74, 6) is -1.02. The molecule has 0 aliphatic carbocycles. The lowest BCUT2D eigenvalue weighted by atomic mass is 10.0. The Morgan fingerprint density at radius 3 is 2.45 bits per heavy atom. The Labute approximate surface area is 178 Å². The number of rotatable bonds is 7. The highest BCUT2D eigenvalue weighted by Crippen LogP contribution is 2.25. The van der Waals surface area contributed by atoms with E-state index < -0.39 is 5.97 Å². The lowest BCUT2D eigenvalue weighted by Crippen LogP contribution is -2.08. The Hall–Kier alpha value is -4.07. The maximum Gasteiger partial charge on any atom is 0.339 e. The van der Waals surface area contributed by atoms with Crippen molar-refractivity contribution in [1.29, 1.82) is 0 Å². The average molecular weight is 415 g/mol. The van der Waals surface area contributed by atoms with Gasteiger partial charge in [0.05, 0.1) is 23.3 Å². The summed E-state index contributed by atoms with van der Waals surface area (Å²) in [4.78, 5) is 23.5. The molecule has 2 aromatic carbocycles. The summed E-state index contributed by atoms with van der Waals surface area (Å²) >= 11 is 0. The molecule has 0 radical (unpaired) electrons. The van der Waals surface area contributed by atoms with E-state index in [1.807, 2.05) is 48.7 Å². The summed E-state index contributed by atoms with van der Waals surface area (Å²) < 4.78 is 3.27. The molecule has 0 unspecified atom stereocenters. The van der Waals surface area contributed by atoms with Crippen molar-refractivity contribution in [3.8, 4) is 16.8 Å². The van der Waals surface area contributed by atoms with Gasteiger partial charge >= 0.3 is 5.97 Å². The largest absolute Gasteiger partial charge is 0.478 e. The van der Waals surface area contributed by atoms with Crippen LogP contribution in [0, 0.1) is 0 Å². The molecule has 4 rings (SSSR count). The number of Topliss-reactive ketones (excluding diaryl/α,β-unsaturated/α-hetero) is 1. The van der Waals surface area contributed by atoms with Crippen LogP contribution in [0.4, 0.5) is 0 Å². The van der Waals surface area contributed by atoms with E-state index in [0.717, 1.165) is 22.5 Å². The van der Waals surface area contributed by atoms with Gasteiger partial charge < -0.3 is 5.11 Å². The summed E-state index contributed by atoms with van der Waals surface area (Å²) in [5.41, 5.74) is 4.73. The lowest BCUT2D eigenvalue weighted by molar-refractivity contribution is 0.0695. The van der Waals surface area contributed by atoms with Crippen LogP contribution in [-0.2, 0) is 19.9 Å². The SMILES string of the molecule is CC(=O)c1cccc(-c2cccc(-n3ncc(C(=O)O)c3CCc3cn(C)nn3)c2)c1. The number of aryl methyl sites for hydroxylation is 2. The maximum atomic E-state index is 11.8. The van der Waals surface area contributed by atoms with Crippen LogP contribution in [0.5, 0.6) is 0 Å². The molecule has 1 N–H and O–H groups in total. The minimum absolute atomic E-state index is 0.00229. The van der Waals surface area contributed by atoms with Crippen molar-refractivity contribution in [3.63, 3.8) is 0 Å². The van der Waals surface area contributed by atoms with Gasteiger partial charge in [0.25, 0.3) is 0 Å². The van der Waals surface area contributed by atoms with E-state index in [1.165, 1.54) is 13.1 Å². The van der Waals surface area contributed by atoms with Crippen LogP contribution in [0.15, 0.2) is 60.9 Å². The molecule has 8 heteroatoms. The average Bonchev–Trinajstić information content (AvgIpc) is 3.38. The maximum absolute atomic E-state index is 11.8. The summed E-state index contributed by atoms with van der Waals surface area (Å²) in [5, 5.41) is 22.0. The number of aromatic carboxylic acids is 1. The molecule has 31 heavy (non-hydrogen) atoms. The molecule has 0 bridgehead atoms. The Kier molecular flexibility index (Phi) is 5.44. The van der Waals surface area contributed by atoms with E-state index in [0.29, 0.717) is 24.1 Å². The summed E-state index contributed by atoms with van der Waals surface area (Å²) in [7, 11) is 1.79. The van der Waals surface area contributed by atoms with Gasteiger partial charge in [-0.05, 0) is 49.1 Å². The van der Waals surface area contributed by atoms with Crippen molar-refractivity contribution in [2.45, 2.75) is 19.8 Å². The van der Waals surface area contributed by atoms with E-state index in [-0.39, 0.29) is 11.3 Å². The highest BCUT2D eigenvalue weighted by Gasteiger charge is 2.18. The van der Waals surface area contributed by atoms with E-state index in [2.05, 4.69) is 15.4 Å². The molecule has 156 valence electrons. The predicted octanol–water partition coefficient (Wildman–Crippen LogP) is 3.35. The van der Waals surface area contributed by atoms with Crippen LogP contribution in [0.25, 0.3) is 16.8 Å². The van der Waals surface area contributed by atoms with Gasteiger partial charge in [-0.1, -0.05) is 35.5 Å². The number of hydrogen-bond acceptors (Lipinski definition) is 5. The molecule has 4 aromatic rings. The second kappa shape index (κ2) is 8.35. The fourth-order valence-corrected chi connectivity index (χ4v) is 3.51. The van der Waals surface area contributed by atoms with Gasteiger partial charge in [0.15, 0.2) is 5.78 Å². The van der Waals surface area contributed by atoms with E-state index in [9.17, 15) is 14.7 Å². The third kappa shape index (κ3) is 4.28. The molecule has 2 heterocycles. The first-order valence-electron chi connectivity index (χ1n) is 9.79. The minimum atomic E-state index is -1.02. The third-order valence-electron chi connectivity index (χ3n) is 5.06. The van der Waals surface area contributed by atoms with Gasteiger partial charge in [0, 0.05) is 18.8 Å². The van der Waals surface area contributed by atoms with Crippen molar-refractivity contribution in [3.05, 3.63) is 83.4 Å². The predicted molar refractivity (Wildman–Crippen MR) is 114 cm³/mol. The van der Waals surface area contributed by atoms with Crippen LogP contribution in [0.2, 0.25) is 0 Å². The van der Waals surface area contributed by atoms with Crippen molar-refractivity contribution in [2.24, 2.45) is 7.05 Å². The first-order chi connectivity index (χ1) is 14.9. The fraction of sp³-hybridized carbons (Fsp3) is 0.174. The number of aromatic nitrogens is 5. The number of carboxylic acid groups (broad SMARTS) is 1. The van der Waals surface area contributed by atoms with Gasteiger partial charge in [-0.15, -0.1) is 5.10 Å². The molecule has 2 aromatic heterocycles. The molecule has 0 spiro atoms. The van der Waals surface area contributed by atoms with Crippen LogP contribution in [-0.4, -0.2) is 41.6 Å². The second-order valence-corrected chi connectivity index (χ2v) is 7.29. The van der Waals surface area contributed by atoms with Crippen molar-refractivity contribution >= 4 is 11.8 Å². The van der Waals surface area contributed by atoms with Gasteiger partial charge in [-0.3, -0.25) is 9.48 Å². The minimum Gasteiger partial charge on any atom is -0.478 e. The van der Waals surface area contributed by atoms with Crippen LogP contribution >= 0.6 is 0 Å². The first kappa shape index (κ1) is 20.2. The Bertz CT molecular complexity index is 1270. The van der Waals surface area contributed by atoms with Gasteiger partial charge in [0.1, 0.15) is 5.56 Å². The van der Waals surface area contributed by atoms with E-state index in [4.69, 9.17) is 0 Å². The molecule has 8 nitrogen and oxygen atoms in total. The molecule has 0 atom stereocenters. The molecule has 0 fully saturated rings. The molecule has 0 aliphatic heterocycles. The topological polar surface area (TPSA) is 103 Å². The summed E-state index contributed by atoms with van der Waals surface area (Å²) in [6, 6.07) is 15.1. The Balaban J connectivity index is 1.71. The summed E-state index contributed by atoms with van der Waals surface area (Å²) in [6.45, 7) is 1.54. The standard InChI is InChI=1S/C23H21N5O3/c1-15(29)16-5-3-6-17(11-16)18-7-4-8-20(12-18)28-22(21(13-24-28)23(30)31)10-9-19-14-27(2)26-25-19/h3-8,11-14H,9-10H2,1-2H3,(H,30,31). The number of hydrogen-bond donors (Lipinski definition) is 1. The number of carbonyl (C=O) groups excluding carboxylic acids is 1. The zero-order valence-electron chi connectivity index (χ0n) is 17.2. The molecular weight excluding hydrogens is 394 g/mol. The van der Waals surface area contributed by atoms with Crippen molar-refractivity contribution in [1.82, 2.24) is 24.8 Å². The first-order valence-corrected chi connectivity index (χ1v) is 9.79. The molecule has 0 saturated carbocycles. The van der Waals surface area contributed by atoms with Gasteiger partial charge in [-0.25, -0.2) is 9.48 Å². The zero-order chi connectivity index (χ0) is 22.0. The zero-order valence-corrected chi connectivity index (χ0v) is 17.2. The number of nitrogens with zero attached hydrogens (tertiary/aromatic N) is 5. The fourth-order valence-electron chi connectivity index (χ4n) is 3.51. The number of carbonyl (C=O) groups is 2. The number of carboxylic acids is 1. The number of ketones is 1. The normalized spacial score (nSPS) is 10.9. The second-order valence-electron chi connectivity index (χ2n) is 7.29. The van der Waals surface area contributed by atoms with Gasteiger partial charge in [0.2, 0.25) is 0 Å². The van der Waals surface area contributed by atoms with Crippen LogP contribution in [0.3, 0.4) is 0 Å². The summed E-state index contributed by atoms with van der Waals surface area (Å²) in [6.07, 6.45) is 4.17. The number of benzene rings is 2. The quantitative estimate of drug-likeness (QED) is 0.464. The molecule has 0 amide bonds. The van der Waals surface area contributed by atoms with Crippen molar-refractivity contribution in [2.75, 3.05) is 0 Å². The lowest BCUT2D eigenvalue weighted by Gasteiger charge is -2.11. The Morgan fingerprint density at radius 1 is 1.03 bits per heavy atom. The van der Waals surface area contributed by atoms with Gasteiger partial charge in [-0.2, -0.15) is 5.10 Å². The highest BCUT2D eigenvalue weighted by molar-refractivity contribution is 5.95. The monoisotopic (exact) mass is 415 g/mol. The Morgan fingerprint density at radius 2 is 1.77 bits per heavy atom. The third-order valence-corrected chi connectivity index (χ3v) is 5.06. The van der Waals surface area contributed by atoms with Crippen molar-refractivity contribution < 1.29 is 14.7 Å².